The zero-order valence-corrected chi connectivity index (χ0v) is 13.8. The van der Waals surface area contributed by atoms with Crippen molar-refractivity contribution in [3.63, 3.8) is 0 Å². The first kappa shape index (κ1) is 18.6. The molecule has 142 valence electrons. The molecule has 0 atom stereocenters. The number of amides is 1. The predicted octanol–water partition coefficient (Wildman–Crippen LogP) is 3.15. The number of aromatic nitrogens is 2. The van der Waals surface area contributed by atoms with Crippen LogP contribution >= 0.6 is 0 Å². The summed E-state index contributed by atoms with van der Waals surface area (Å²) in [6.07, 6.45) is -2.95. The summed E-state index contributed by atoms with van der Waals surface area (Å²) in [4.78, 5) is 18.0. The second-order valence-corrected chi connectivity index (χ2v) is 5.87. The molecule has 0 radical (unpaired) electrons. The number of likely N-dealkylation sites (tertiary alicyclic amines) is 1. The molecule has 1 aliphatic heterocycles. The number of nitrogens with zero attached hydrogens (tertiary/aromatic N) is 3. The third-order valence-electron chi connectivity index (χ3n) is 4.00. The Morgan fingerprint density at radius 3 is 2.44 bits per heavy atom. The number of alkyl halides is 3. The van der Waals surface area contributed by atoms with Gasteiger partial charge in [0.15, 0.2) is 11.6 Å². The van der Waals surface area contributed by atoms with Crippen molar-refractivity contribution >= 4 is 11.6 Å². The molecular formula is C17H14F4N4O2. The Hall–Kier alpha value is -3.17. The predicted molar refractivity (Wildman–Crippen MR) is 87.5 cm³/mol. The highest BCUT2D eigenvalue weighted by atomic mass is 19.4. The molecule has 0 spiro atoms. The zero-order valence-electron chi connectivity index (χ0n) is 13.8. The van der Waals surface area contributed by atoms with Gasteiger partial charge in [-0.15, -0.1) is 0 Å². The van der Waals surface area contributed by atoms with Crippen LogP contribution in [0.2, 0.25) is 0 Å². The molecule has 0 unspecified atom stereocenters. The average Bonchev–Trinajstić information content (AvgIpc) is 3.10. The Morgan fingerprint density at radius 2 is 1.93 bits per heavy atom. The lowest BCUT2D eigenvalue weighted by molar-refractivity contribution is -0.137. The largest absolute Gasteiger partial charge is 0.416 e. The number of H-pyrrole nitrogens is 1. The second-order valence-electron chi connectivity index (χ2n) is 5.87. The van der Waals surface area contributed by atoms with E-state index in [9.17, 15) is 22.4 Å². The van der Waals surface area contributed by atoms with Gasteiger partial charge in [0, 0.05) is 25.2 Å². The van der Waals surface area contributed by atoms with Gasteiger partial charge in [-0.1, -0.05) is 11.7 Å². The summed E-state index contributed by atoms with van der Waals surface area (Å²) in [6, 6.07) is 5.71. The van der Waals surface area contributed by atoms with Crippen LogP contribution in [0.1, 0.15) is 11.3 Å². The summed E-state index contributed by atoms with van der Waals surface area (Å²) in [5.74, 6) is -1.97. The van der Waals surface area contributed by atoms with Crippen LogP contribution in [0.4, 0.5) is 17.6 Å². The van der Waals surface area contributed by atoms with E-state index in [0.29, 0.717) is 11.4 Å². The maximum absolute atomic E-state index is 12.9. The summed E-state index contributed by atoms with van der Waals surface area (Å²) in [5.41, 5.74) is 0.145. The lowest BCUT2D eigenvalue weighted by Gasteiger charge is -2.38. The summed E-state index contributed by atoms with van der Waals surface area (Å²) in [5, 5.41) is 10.5. The number of rotatable bonds is 5. The Kier molecular flexibility index (Phi) is 4.98. The van der Waals surface area contributed by atoms with Gasteiger partial charge >= 0.3 is 6.18 Å². The SMILES string of the molecule is C=C(F)C(=O)N1CC(C(=NOc2ccc(C(F)(F)F)cc2)c2ccn[nH]2)C1. The summed E-state index contributed by atoms with van der Waals surface area (Å²) in [7, 11) is 0. The Labute approximate surface area is 151 Å². The van der Waals surface area contributed by atoms with Gasteiger partial charge in [0.05, 0.1) is 11.3 Å². The minimum atomic E-state index is -4.44. The van der Waals surface area contributed by atoms with Crippen LogP contribution in [-0.2, 0) is 11.0 Å². The highest BCUT2D eigenvalue weighted by molar-refractivity contribution is 6.02. The van der Waals surface area contributed by atoms with Crippen LogP contribution in [-0.4, -0.2) is 39.8 Å². The Morgan fingerprint density at radius 1 is 1.26 bits per heavy atom. The van der Waals surface area contributed by atoms with Crippen molar-refractivity contribution in [2.45, 2.75) is 6.18 Å². The van der Waals surface area contributed by atoms with Crippen molar-refractivity contribution in [1.82, 2.24) is 15.1 Å². The van der Waals surface area contributed by atoms with E-state index in [0.717, 1.165) is 24.3 Å². The molecule has 0 bridgehead atoms. The van der Waals surface area contributed by atoms with Crippen molar-refractivity contribution in [2.24, 2.45) is 11.1 Å². The highest BCUT2D eigenvalue weighted by Crippen LogP contribution is 2.30. The van der Waals surface area contributed by atoms with Gasteiger partial charge in [0.1, 0.15) is 5.71 Å². The van der Waals surface area contributed by atoms with Gasteiger partial charge in [-0.25, -0.2) is 4.39 Å². The molecule has 10 heteroatoms. The highest BCUT2D eigenvalue weighted by Gasteiger charge is 2.36. The van der Waals surface area contributed by atoms with Gasteiger partial charge in [-0.05, 0) is 30.3 Å². The van der Waals surface area contributed by atoms with E-state index >= 15 is 0 Å². The van der Waals surface area contributed by atoms with Crippen LogP contribution in [0.15, 0.2) is 54.1 Å². The molecule has 1 aromatic carbocycles. The molecule has 0 saturated carbocycles. The lowest BCUT2D eigenvalue weighted by atomic mass is 9.92. The molecule has 2 heterocycles. The molecule has 1 N–H and O–H groups in total. The van der Waals surface area contributed by atoms with Crippen LogP contribution in [0.5, 0.6) is 5.75 Å². The first-order chi connectivity index (χ1) is 12.8. The van der Waals surface area contributed by atoms with E-state index in [1.54, 1.807) is 6.07 Å². The van der Waals surface area contributed by atoms with Crippen molar-refractivity contribution in [3.8, 4) is 5.75 Å². The van der Waals surface area contributed by atoms with Crippen molar-refractivity contribution in [3.05, 3.63) is 60.2 Å². The monoisotopic (exact) mass is 382 g/mol. The molecule has 1 saturated heterocycles. The van der Waals surface area contributed by atoms with Gasteiger partial charge in [0.2, 0.25) is 0 Å². The number of halogens is 4. The van der Waals surface area contributed by atoms with Crippen LogP contribution in [0.25, 0.3) is 0 Å². The third-order valence-corrected chi connectivity index (χ3v) is 4.00. The Bertz CT molecular complexity index is 854. The van der Waals surface area contributed by atoms with E-state index in [4.69, 9.17) is 4.84 Å². The van der Waals surface area contributed by atoms with Gasteiger partial charge < -0.3 is 9.74 Å². The van der Waals surface area contributed by atoms with Crippen molar-refractivity contribution in [1.29, 1.82) is 0 Å². The summed E-state index contributed by atoms with van der Waals surface area (Å²) >= 11 is 0. The smallest absolute Gasteiger partial charge is 0.357 e. The number of nitrogens with one attached hydrogen (secondary N) is 1. The first-order valence-electron chi connectivity index (χ1n) is 7.81. The first-order valence-corrected chi connectivity index (χ1v) is 7.81. The topological polar surface area (TPSA) is 70.6 Å². The molecule has 1 amide bonds. The van der Waals surface area contributed by atoms with Crippen LogP contribution in [0.3, 0.4) is 0 Å². The van der Waals surface area contributed by atoms with Gasteiger partial charge in [-0.3, -0.25) is 9.89 Å². The molecular weight excluding hydrogens is 368 g/mol. The number of oxime groups is 1. The fourth-order valence-corrected chi connectivity index (χ4v) is 2.54. The number of hydrogen-bond acceptors (Lipinski definition) is 4. The maximum atomic E-state index is 12.9. The molecule has 1 aromatic heterocycles. The summed E-state index contributed by atoms with van der Waals surface area (Å²) in [6.45, 7) is 3.38. The summed E-state index contributed by atoms with van der Waals surface area (Å²) < 4.78 is 50.7. The van der Waals surface area contributed by atoms with E-state index in [-0.39, 0.29) is 24.8 Å². The molecule has 2 aromatic rings. The minimum Gasteiger partial charge on any atom is -0.357 e. The number of carbonyl (C=O) groups is 1. The zero-order chi connectivity index (χ0) is 19.6. The molecule has 27 heavy (non-hydrogen) atoms. The van der Waals surface area contributed by atoms with Gasteiger partial charge in [-0.2, -0.15) is 18.3 Å². The normalized spacial score (nSPS) is 15.4. The number of carbonyl (C=O) groups excluding carboxylic acids is 1. The van der Waals surface area contributed by atoms with Crippen LogP contribution in [0, 0.1) is 5.92 Å². The number of hydrogen-bond donors (Lipinski definition) is 1. The lowest BCUT2D eigenvalue weighted by Crippen LogP contribution is -2.53. The average molecular weight is 382 g/mol. The molecule has 0 aliphatic carbocycles. The van der Waals surface area contributed by atoms with E-state index in [1.807, 2.05) is 0 Å². The van der Waals surface area contributed by atoms with E-state index in [1.165, 1.54) is 11.1 Å². The molecule has 1 aliphatic rings. The standard InChI is InChI=1S/C17H14F4N4O2/c1-10(18)16(26)25-8-11(9-25)15(14-6-7-22-23-14)24-27-13-4-2-12(3-5-13)17(19,20)21/h2-7,11H,1,8-9H2,(H,22,23). The van der Waals surface area contributed by atoms with Crippen LogP contribution < -0.4 is 4.84 Å². The number of benzene rings is 1. The maximum Gasteiger partial charge on any atom is 0.416 e. The number of aromatic amines is 1. The molecule has 6 nitrogen and oxygen atoms in total. The van der Waals surface area contributed by atoms with Crippen molar-refractivity contribution in [2.75, 3.05) is 13.1 Å². The van der Waals surface area contributed by atoms with E-state index < -0.39 is 23.5 Å². The Balaban J connectivity index is 1.73. The quantitative estimate of drug-likeness (QED) is 0.374. The fourth-order valence-electron chi connectivity index (χ4n) is 2.54. The van der Waals surface area contributed by atoms with Gasteiger partial charge in [0.25, 0.3) is 5.91 Å². The fraction of sp³-hybridized carbons (Fsp3) is 0.235. The van der Waals surface area contributed by atoms with E-state index in [2.05, 4.69) is 21.9 Å². The minimum absolute atomic E-state index is 0.115. The second kappa shape index (κ2) is 7.22. The molecule has 3 rings (SSSR count). The third kappa shape index (κ3) is 4.15. The molecule has 1 fully saturated rings. The van der Waals surface area contributed by atoms with Crippen molar-refractivity contribution < 1.29 is 27.2 Å².